The summed E-state index contributed by atoms with van der Waals surface area (Å²) in [6, 6.07) is 11.5. The molecule has 0 unspecified atom stereocenters. The molecule has 32 heavy (non-hydrogen) atoms. The molecular formula is C25H29FN2O4. The molecule has 2 saturated heterocycles. The fraction of sp³-hybridized carbons (Fsp3) is 0.440. The largest absolute Gasteiger partial charge is 0.497 e. The van der Waals surface area contributed by atoms with Crippen LogP contribution >= 0.6 is 0 Å². The van der Waals surface area contributed by atoms with Crippen molar-refractivity contribution in [1.29, 1.82) is 0 Å². The van der Waals surface area contributed by atoms with Crippen molar-refractivity contribution >= 4 is 11.8 Å². The number of carbonyl (C=O) groups excluding carboxylic acids is 2. The first-order chi connectivity index (χ1) is 15.5. The molecule has 2 aliphatic rings. The highest BCUT2D eigenvalue weighted by Crippen LogP contribution is 2.41. The molecule has 0 radical (unpaired) electrons. The van der Waals surface area contributed by atoms with E-state index in [1.165, 1.54) is 12.1 Å². The van der Waals surface area contributed by atoms with Gasteiger partial charge in [-0.3, -0.25) is 9.59 Å². The van der Waals surface area contributed by atoms with Gasteiger partial charge in [-0.15, -0.1) is 0 Å². The van der Waals surface area contributed by atoms with E-state index in [1.807, 2.05) is 17.0 Å². The van der Waals surface area contributed by atoms with Gasteiger partial charge in [-0.2, -0.15) is 0 Å². The van der Waals surface area contributed by atoms with E-state index in [-0.39, 0.29) is 23.9 Å². The molecule has 2 fully saturated rings. The maximum absolute atomic E-state index is 14.3. The average Bonchev–Trinajstić information content (AvgIpc) is 3.29. The maximum atomic E-state index is 14.3. The van der Waals surface area contributed by atoms with Gasteiger partial charge in [0.2, 0.25) is 5.91 Å². The Kier molecular flexibility index (Phi) is 6.63. The van der Waals surface area contributed by atoms with Gasteiger partial charge in [0.1, 0.15) is 17.3 Å². The molecule has 7 heteroatoms. The van der Waals surface area contributed by atoms with Crippen LogP contribution in [-0.4, -0.2) is 62.0 Å². The monoisotopic (exact) mass is 440 g/mol. The van der Waals surface area contributed by atoms with Crippen LogP contribution in [0.2, 0.25) is 0 Å². The highest BCUT2D eigenvalue weighted by molar-refractivity contribution is 5.95. The number of benzene rings is 2. The van der Waals surface area contributed by atoms with Gasteiger partial charge in [-0.05, 0) is 49.6 Å². The van der Waals surface area contributed by atoms with E-state index < -0.39 is 17.6 Å². The minimum Gasteiger partial charge on any atom is -0.497 e. The van der Waals surface area contributed by atoms with Crippen molar-refractivity contribution in [2.75, 3.05) is 40.4 Å². The highest BCUT2D eigenvalue weighted by Gasteiger charge is 2.43. The summed E-state index contributed by atoms with van der Waals surface area (Å²) in [6.07, 6.45) is 3.10. The summed E-state index contributed by atoms with van der Waals surface area (Å²) >= 11 is 0. The molecule has 2 aromatic carbocycles. The van der Waals surface area contributed by atoms with Crippen molar-refractivity contribution < 1.29 is 23.5 Å². The molecule has 2 amide bonds. The standard InChI is InChI=1S/C25H29FN2O4/c1-31-17-10-11-23(32-2)19(14-17)20-15-28(24(29)18-8-4-5-9-22(18)26)16-21(20)25(30)27-12-6-3-7-13-27/h4-5,8-11,14,20-21H,3,6-7,12-13,15-16H2,1-2H3/t20-,21+/m0/s1. The average molecular weight is 441 g/mol. The van der Waals surface area contributed by atoms with E-state index in [0.29, 0.717) is 18.0 Å². The number of hydrogen-bond acceptors (Lipinski definition) is 4. The smallest absolute Gasteiger partial charge is 0.256 e. The summed E-state index contributed by atoms with van der Waals surface area (Å²) in [5.41, 5.74) is 0.848. The lowest BCUT2D eigenvalue weighted by molar-refractivity contribution is -0.136. The van der Waals surface area contributed by atoms with E-state index in [0.717, 1.165) is 37.9 Å². The third-order valence-corrected chi connectivity index (χ3v) is 6.53. The second kappa shape index (κ2) is 9.59. The number of piperidine rings is 1. The molecule has 6 nitrogen and oxygen atoms in total. The van der Waals surface area contributed by atoms with Crippen LogP contribution in [-0.2, 0) is 4.79 Å². The first-order valence-electron chi connectivity index (χ1n) is 11.1. The quantitative estimate of drug-likeness (QED) is 0.711. The summed E-state index contributed by atoms with van der Waals surface area (Å²) < 4.78 is 25.3. The van der Waals surface area contributed by atoms with Crippen LogP contribution in [0.4, 0.5) is 4.39 Å². The van der Waals surface area contributed by atoms with Gasteiger partial charge in [0.15, 0.2) is 0 Å². The fourth-order valence-electron chi connectivity index (χ4n) is 4.82. The van der Waals surface area contributed by atoms with Crippen LogP contribution in [0.1, 0.15) is 41.1 Å². The number of halogens is 1. The first-order valence-corrected chi connectivity index (χ1v) is 11.1. The zero-order chi connectivity index (χ0) is 22.7. The van der Waals surface area contributed by atoms with Crippen molar-refractivity contribution in [3.8, 4) is 11.5 Å². The van der Waals surface area contributed by atoms with Crippen molar-refractivity contribution in [3.05, 3.63) is 59.4 Å². The molecule has 0 aromatic heterocycles. The predicted molar refractivity (Wildman–Crippen MR) is 119 cm³/mol. The number of likely N-dealkylation sites (tertiary alicyclic amines) is 2. The van der Waals surface area contributed by atoms with E-state index >= 15 is 0 Å². The second-order valence-corrected chi connectivity index (χ2v) is 8.40. The number of ether oxygens (including phenoxy) is 2. The van der Waals surface area contributed by atoms with E-state index in [9.17, 15) is 14.0 Å². The highest BCUT2D eigenvalue weighted by atomic mass is 19.1. The van der Waals surface area contributed by atoms with Gasteiger partial charge in [0, 0.05) is 37.7 Å². The zero-order valence-electron chi connectivity index (χ0n) is 18.6. The Morgan fingerprint density at radius 2 is 1.69 bits per heavy atom. The SMILES string of the molecule is COc1ccc(OC)c([C@@H]2CN(C(=O)c3ccccc3F)C[C@H]2C(=O)N2CCCCC2)c1. The van der Waals surface area contributed by atoms with Gasteiger partial charge in [-0.25, -0.2) is 4.39 Å². The third kappa shape index (κ3) is 4.29. The topological polar surface area (TPSA) is 59.1 Å². The zero-order valence-corrected chi connectivity index (χ0v) is 18.6. The van der Waals surface area contributed by atoms with Crippen molar-refractivity contribution in [2.45, 2.75) is 25.2 Å². The normalized spacial score (nSPS) is 20.8. The Balaban J connectivity index is 1.69. The Labute approximate surface area is 187 Å². The minimum atomic E-state index is -0.557. The summed E-state index contributed by atoms with van der Waals surface area (Å²) in [5.74, 6) is -0.308. The Hall–Kier alpha value is -3.09. The Bertz CT molecular complexity index is 990. The number of carbonyl (C=O) groups is 2. The van der Waals surface area contributed by atoms with Crippen LogP contribution in [0.3, 0.4) is 0 Å². The third-order valence-electron chi connectivity index (χ3n) is 6.53. The molecule has 0 N–H and O–H groups in total. The van der Waals surface area contributed by atoms with Gasteiger partial charge in [0.05, 0.1) is 25.7 Å². The molecular weight excluding hydrogens is 411 g/mol. The number of nitrogens with zero attached hydrogens (tertiary/aromatic N) is 2. The molecule has 4 rings (SSSR count). The fourth-order valence-corrected chi connectivity index (χ4v) is 4.82. The molecule has 0 aliphatic carbocycles. The predicted octanol–water partition coefficient (Wildman–Crippen LogP) is 3.71. The van der Waals surface area contributed by atoms with Crippen LogP contribution < -0.4 is 9.47 Å². The number of amides is 2. The summed E-state index contributed by atoms with van der Waals surface area (Å²) in [7, 11) is 3.18. The summed E-state index contributed by atoms with van der Waals surface area (Å²) in [4.78, 5) is 30.2. The van der Waals surface area contributed by atoms with E-state index in [4.69, 9.17) is 9.47 Å². The lowest BCUT2D eigenvalue weighted by Crippen LogP contribution is -2.42. The van der Waals surface area contributed by atoms with Crippen LogP contribution in [0.25, 0.3) is 0 Å². The molecule has 170 valence electrons. The first kappa shape index (κ1) is 22.1. The molecule has 0 spiro atoms. The Morgan fingerprint density at radius 3 is 2.38 bits per heavy atom. The van der Waals surface area contributed by atoms with Gasteiger partial charge >= 0.3 is 0 Å². The maximum Gasteiger partial charge on any atom is 0.256 e. The number of hydrogen-bond donors (Lipinski definition) is 0. The lowest BCUT2D eigenvalue weighted by atomic mass is 9.86. The van der Waals surface area contributed by atoms with Gasteiger partial charge in [0.25, 0.3) is 5.91 Å². The number of rotatable bonds is 5. The van der Waals surface area contributed by atoms with Crippen molar-refractivity contribution in [2.24, 2.45) is 5.92 Å². The molecule has 2 aliphatic heterocycles. The lowest BCUT2D eigenvalue weighted by Gasteiger charge is -2.31. The Morgan fingerprint density at radius 1 is 0.938 bits per heavy atom. The molecule has 0 saturated carbocycles. The van der Waals surface area contributed by atoms with Gasteiger partial charge < -0.3 is 19.3 Å². The molecule has 2 heterocycles. The van der Waals surface area contributed by atoms with Crippen molar-refractivity contribution in [3.63, 3.8) is 0 Å². The molecule has 0 bridgehead atoms. The van der Waals surface area contributed by atoms with Gasteiger partial charge in [-0.1, -0.05) is 12.1 Å². The summed E-state index contributed by atoms with van der Waals surface area (Å²) in [6.45, 7) is 2.02. The molecule has 2 aromatic rings. The van der Waals surface area contributed by atoms with Crippen molar-refractivity contribution in [1.82, 2.24) is 9.80 Å². The van der Waals surface area contributed by atoms with E-state index in [1.54, 1.807) is 37.3 Å². The molecule has 2 atom stereocenters. The van der Waals surface area contributed by atoms with E-state index in [2.05, 4.69) is 0 Å². The second-order valence-electron chi connectivity index (χ2n) is 8.40. The van der Waals surface area contributed by atoms with Crippen LogP contribution in [0.5, 0.6) is 11.5 Å². The minimum absolute atomic E-state index is 0.0231. The summed E-state index contributed by atoms with van der Waals surface area (Å²) in [5, 5.41) is 0. The van der Waals surface area contributed by atoms with Crippen LogP contribution in [0, 0.1) is 11.7 Å². The number of methoxy groups -OCH3 is 2. The van der Waals surface area contributed by atoms with Crippen LogP contribution in [0.15, 0.2) is 42.5 Å².